The third-order valence-corrected chi connectivity index (χ3v) is 5.82. The summed E-state index contributed by atoms with van der Waals surface area (Å²) in [4.78, 5) is 36.9. The highest BCUT2D eigenvalue weighted by molar-refractivity contribution is 7.13. The summed E-state index contributed by atoms with van der Waals surface area (Å²) in [7, 11) is 0. The van der Waals surface area contributed by atoms with Crippen molar-refractivity contribution in [1.82, 2.24) is 20.3 Å². The molecule has 0 aliphatic heterocycles. The highest BCUT2D eigenvalue weighted by atomic mass is 35.5. The number of nitrogens with zero attached hydrogens (tertiary/aromatic N) is 3. The number of halogens is 4. The van der Waals surface area contributed by atoms with Crippen molar-refractivity contribution in [3.63, 3.8) is 0 Å². The fourth-order valence-electron chi connectivity index (χ4n) is 2.74. The van der Waals surface area contributed by atoms with Crippen LogP contribution in [0.4, 0.5) is 24.5 Å². The Kier molecular flexibility index (Phi) is 8.81. The predicted molar refractivity (Wildman–Crippen MR) is 127 cm³/mol. The highest BCUT2D eigenvalue weighted by Gasteiger charge is 2.33. The summed E-state index contributed by atoms with van der Waals surface area (Å²) in [6.45, 7) is -0.0605. The largest absolute Gasteiger partial charge is 0.418 e. The van der Waals surface area contributed by atoms with E-state index in [1.807, 2.05) is 0 Å². The number of anilines is 2. The van der Waals surface area contributed by atoms with E-state index in [9.17, 15) is 22.8 Å². The summed E-state index contributed by atoms with van der Waals surface area (Å²) < 4.78 is 39.1. The van der Waals surface area contributed by atoms with Gasteiger partial charge >= 0.3 is 6.18 Å². The monoisotopic (exact) mass is 538 g/mol. The lowest BCUT2D eigenvalue weighted by Crippen LogP contribution is -2.24. The van der Waals surface area contributed by atoms with Gasteiger partial charge in [-0.15, -0.1) is 11.3 Å². The molecule has 9 nitrogen and oxygen atoms in total. The summed E-state index contributed by atoms with van der Waals surface area (Å²) in [6, 6.07) is 3.05. The van der Waals surface area contributed by atoms with Gasteiger partial charge in [0.05, 0.1) is 18.3 Å². The fourth-order valence-corrected chi connectivity index (χ4v) is 3.72. The van der Waals surface area contributed by atoms with Crippen molar-refractivity contribution in [3.05, 3.63) is 62.6 Å². The van der Waals surface area contributed by atoms with Crippen LogP contribution >= 0.6 is 22.9 Å². The minimum absolute atomic E-state index is 0.000339. The van der Waals surface area contributed by atoms with Crippen molar-refractivity contribution in [3.8, 4) is 11.8 Å². The molecule has 0 aliphatic rings. The molecule has 0 bridgehead atoms. The van der Waals surface area contributed by atoms with Crippen LogP contribution < -0.4 is 16.4 Å². The first kappa shape index (κ1) is 26.9. The molecule has 0 fully saturated rings. The molecule has 2 heterocycles. The molecule has 188 valence electrons. The Morgan fingerprint density at radius 1 is 1.19 bits per heavy atom. The van der Waals surface area contributed by atoms with Crippen LogP contribution in [0, 0.1) is 11.8 Å². The Morgan fingerprint density at radius 3 is 2.69 bits per heavy atom. The Labute approximate surface area is 211 Å². The molecule has 0 radical (unpaired) electrons. The minimum Gasteiger partial charge on any atom is -0.398 e. The highest BCUT2D eigenvalue weighted by Crippen LogP contribution is 2.35. The third-order valence-electron chi connectivity index (χ3n) is 4.47. The van der Waals surface area contributed by atoms with Crippen molar-refractivity contribution in [1.29, 1.82) is 0 Å². The molecule has 0 saturated carbocycles. The van der Waals surface area contributed by atoms with Gasteiger partial charge in [-0.3, -0.25) is 9.59 Å². The number of carbonyl (C=O) groups is 2. The normalized spacial score (nSPS) is 10.9. The molecular weight excluding hydrogens is 521 g/mol. The number of hydrogen-bond acceptors (Lipinski definition) is 8. The number of benzene rings is 1. The first-order chi connectivity index (χ1) is 17.1. The summed E-state index contributed by atoms with van der Waals surface area (Å²) in [6.07, 6.45) is -1.36. The van der Waals surface area contributed by atoms with Crippen LogP contribution in [0.1, 0.15) is 49.3 Å². The number of nitrogens with one attached hydrogen (secondary N) is 2. The zero-order valence-corrected chi connectivity index (χ0v) is 19.9. The zero-order chi connectivity index (χ0) is 26.3. The minimum atomic E-state index is -4.67. The lowest BCUT2D eigenvalue weighted by molar-refractivity contribution is -0.136. The van der Waals surface area contributed by atoms with Crippen molar-refractivity contribution >= 4 is 46.1 Å². The molecule has 36 heavy (non-hydrogen) atoms. The van der Waals surface area contributed by atoms with E-state index in [-0.39, 0.29) is 40.1 Å². The smallest absolute Gasteiger partial charge is 0.398 e. The molecule has 3 rings (SSSR count). The number of amides is 2. The molecular formula is C22H18ClF3N6O3S. The van der Waals surface area contributed by atoms with E-state index in [0.717, 1.165) is 29.8 Å². The first-order valence-electron chi connectivity index (χ1n) is 10.2. The topological polar surface area (TPSA) is 143 Å². The molecule has 0 unspecified atom stereocenters. The maximum atomic E-state index is 13.0. The van der Waals surface area contributed by atoms with Crippen molar-refractivity contribution in [2.75, 3.05) is 17.7 Å². The van der Waals surface area contributed by atoms with Crippen LogP contribution in [-0.2, 0) is 12.7 Å². The van der Waals surface area contributed by atoms with Gasteiger partial charge in [0.15, 0.2) is 5.69 Å². The number of aliphatic hydroxyl groups is 1. The quantitative estimate of drug-likeness (QED) is 0.205. The van der Waals surface area contributed by atoms with E-state index >= 15 is 0 Å². The number of alkyl halides is 3. The lowest BCUT2D eigenvalue weighted by atomic mass is 10.1. The molecule has 2 amide bonds. The third kappa shape index (κ3) is 6.91. The summed E-state index contributed by atoms with van der Waals surface area (Å²) >= 11 is 7.13. The Morgan fingerprint density at radius 2 is 1.97 bits per heavy atom. The molecule has 0 spiro atoms. The van der Waals surface area contributed by atoms with Gasteiger partial charge in [0.1, 0.15) is 26.9 Å². The van der Waals surface area contributed by atoms with Crippen LogP contribution in [-0.4, -0.2) is 38.5 Å². The van der Waals surface area contributed by atoms with E-state index in [1.54, 1.807) is 0 Å². The molecule has 14 heteroatoms. The Balaban J connectivity index is 1.63. The number of hydrogen-bond donors (Lipinski definition) is 4. The number of rotatable bonds is 7. The number of carbonyl (C=O) groups excluding carboxylic acids is 2. The second kappa shape index (κ2) is 11.8. The van der Waals surface area contributed by atoms with E-state index < -0.39 is 29.2 Å². The summed E-state index contributed by atoms with van der Waals surface area (Å²) in [5, 5.41) is 14.1. The van der Waals surface area contributed by atoms with Gasteiger partial charge in [-0.2, -0.15) is 13.2 Å². The number of unbranched alkanes of at least 4 members (excludes halogenated alkanes) is 1. The van der Waals surface area contributed by atoms with Gasteiger partial charge in [0.25, 0.3) is 11.8 Å². The van der Waals surface area contributed by atoms with Crippen LogP contribution in [0.2, 0.25) is 5.02 Å². The molecule has 3 aromatic rings. The van der Waals surface area contributed by atoms with Crippen molar-refractivity contribution < 1.29 is 27.9 Å². The average Bonchev–Trinajstić information content (AvgIpc) is 3.31. The summed E-state index contributed by atoms with van der Waals surface area (Å²) in [5.41, 5.74) is 3.83. The second-order valence-corrected chi connectivity index (χ2v) is 8.56. The zero-order valence-electron chi connectivity index (χ0n) is 18.3. The van der Waals surface area contributed by atoms with E-state index in [1.165, 1.54) is 12.3 Å². The SMILES string of the molecule is Nc1ccc(NC(=O)c2cnc(CNC(=O)c3ncnc(C#CCCCO)c3Cl)s2)cc1C(F)(F)F. The maximum absolute atomic E-state index is 13.0. The second-order valence-electron chi connectivity index (χ2n) is 7.07. The van der Waals surface area contributed by atoms with Gasteiger partial charge < -0.3 is 21.5 Å². The molecule has 0 atom stereocenters. The molecule has 1 aromatic carbocycles. The predicted octanol–water partition coefficient (Wildman–Crippen LogP) is 3.49. The van der Waals surface area contributed by atoms with E-state index in [2.05, 4.69) is 37.4 Å². The first-order valence-corrected chi connectivity index (χ1v) is 11.4. The number of aliphatic hydroxyl groups excluding tert-OH is 1. The van der Waals surface area contributed by atoms with Crippen LogP contribution in [0.5, 0.6) is 0 Å². The van der Waals surface area contributed by atoms with E-state index in [4.69, 9.17) is 22.4 Å². The molecule has 0 aliphatic carbocycles. The van der Waals surface area contributed by atoms with E-state index in [0.29, 0.717) is 17.8 Å². The maximum Gasteiger partial charge on any atom is 0.418 e. The number of aromatic nitrogens is 3. The van der Waals surface area contributed by atoms with Gasteiger partial charge in [0, 0.05) is 24.4 Å². The molecule has 2 aromatic heterocycles. The van der Waals surface area contributed by atoms with Gasteiger partial charge in [0.2, 0.25) is 0 Å². The standard InChI is InChI=1S/C22H18ClF3N6O3S/c23-18-15(4-2-1-3-7-33)30-11-31-19(18)21(35)29-10-17-28-9-16(36-17)20(34)32-12-5-6-14(27)13(8-12)22(24,25)26/h5-6,8-9,11,33H,1,3,7,10,27H2,(H,29,35)(H,32,34). The lowest BCUT2D eigenvalue weighted by Gasteiger charge is -2.12. The number of thiazole rings is 1. The fraction of sp³-hybridized carbons (Fsp3) is 0.227. The van der Waals surface area contributed by atoms with Crippen LogP contribution in [0.15, 0.2) is 30.7 Å². The average molecular weight is 539 g/mol. The van der Waals surface area contributed by atoms with Crippen molar-refractivity contribution in [2.24, 2.45) is 0 Å². The van der Waals surface area contributed by atoms with Gasteiger partial charge in [-0.1, -0.05) is 17.5 Å². The molecule has 5 N–H and O–H groups in total. The number of nitrogens with two attached hydrogens (primary N) is 1. The van der Waals surface area contributed by atoms with Crippen molar-refractivity contribution in [2.45, 2.75) is 25.6 Å². The van der Waals surface area contributed by atoms with Crippen LogP contribution in [0.3, 0.4) is 0 Å². The van der Waals surface area contributed by atoms with Gasteiger partial charge in [-0.25, -0.2) is 15.0 Å². The van der Waals surface area contributed by atoms with Crippen LogP contribution in [0.25, 0.3) is 0 Å². The number of nitrogen functional groups attached to an aromatic ring is 1. The Hall–Kier alpha value is -3.73. The Bertz CT molecular complexity index is 1340. The molecule has 0 saturated heterocycles. The summed E-state index contributed by atoms with van der Waals surface area (Å²) in [5.74, 6) is 4.21. The van der Waals surface area contributed by atoms with Gasteiger partial charge in [-0.05, 0) is 30.5 Å².